The first-order valence-corrected chi connectivity index (χ1v) is 10.2. The molecule has 1 heterocycles. The van der Waals surface area contributed by atoms with E-state index in [0.717, 1.165) is 48.7 Å². The van der Waals surface area contributed by atoms with Gasteiger partial charge in [0.1, 0.15) is 18.6 Å². The van der Waals surface area contributed by atoms with Crippen LogP contribution in [0.15, 0.2) is 30.3 Å². The summed E-state index contributed by atoms with van der Waals surface area (Å²) in [7, 11) is 4.34. The molecular weight excluding hydrogens is 415 g/mol. The predicted octanol–water partition coefficient (Wildman–Crippen LogP) is 2.37. The van der Waals surface area contributed by atoms with Gasteiger partial charge in [-0.15, -0.1) is 0 Å². The Hall–Kier alpha value is -2.39. The van der Waals surface area contributed by atoms with Gasteiger partial charge in [-0.05, 0) is 36.0 Å². The number of quaternary nitrogens is 1. The van der Waals surface area contributed by atoms with E-state index in [-0.39, 0.29) is 0 Å². The summed E-state index contributed by atoms with van der Waals surface area (Å²) < 4.78 is 37.9. The number of carboxylic acid groups (broad SMARTS) is 1. The lowest BCUT2D eigenvalue weighted by Gasteiger charge is -2.31. The molecule has 172 valence electrons. The lowest BCUT2D eigenvalue weighted by Crippen LogP contribution is -2.46. The monoisotopic (exact) mass is 443 g/mol. The number of likely N-dealkylation sites (N-methyl/N-ethyl adjacent to an activating group) is 1. The van der Waals surface area contributed by atoms with Gasteiger partial charge >= 0.3 is 12.1 Å². The van der Waals surface area contributed by atoms with E-state index < -0.39 is 24.2 Å². The minimum Gasteiger partial charge on any atom is -0.542 e. The standard InChI is InChI=1S/C20H28NO3.C2HF3O2/c1-21(2)13-7-10-16(21)14-24-20(23)19(22)18-12-6-5-11-17(18)15-8-3-4-9-15;3-2(4,5)1(6)7/h5-6,8,11-12,16,19,22H,3-4,7,9-10,13-14H2,1-2H3;(H,6,7)/q+1;/p-1/t16-,19?;/m0./s1. The van der Waals surface area contributed by atoms with Crippen LogP contribution in [0, 0.1) is 0 Å². The predicted molar refractivity (Wildman–Crippen MR) is 105 cm³/mol. The Bertz CT molecular complexity index is 820. The molecule has 0 saturated carbocycles. The fourth-order valence-electron chi connectivity index (χ4n) is 3.88. The number of benzene rings is 1. The molecule has 2 atom stereocenters. The molecule has 6 nitrogen and oxygen atoms in total. The van der Waals surface area contributed by atoms with Crippen molar-refractivity contribution in [3.05, 3.63) is 41.5 Å². The van der Waals surface area contributed by atoms with Crippen LogP contribution in [0.3, 0.4) is 0 Å². The SMILES string of the molecule is C[N+]1(C)CCC[C@H]1COC(=O)C(O)c1ccccc1C1=CCCC1.O=C([O-])C(F)(F)F. The zero-order valence-electron chi connectivity index (χ0n) is 17.7. The van der Waals surface area contributed by atoms with Crippen molar-refractivity contribution >= 4 is 17.5 Å². The van der Waals surface area contributed by atoms with Crippen LogP contribution < -0.4 is 5.11 Å². The van der Waals surface area contributed by atoms with Crippen LogP contribution in [-0.2, 0) is 14.3 Å². The Morgan fingerprint density at radius 2 is 1.90 bits per heavy atom. The van der Waals surface area contributed by atoms with E-state index in [2.05, 4.69) is 20.2 Å². The average Bonchev–Trinajstić information content (AvgIpc) is 3.34. The summed E-state index contributed by atoms with van der Waals surface area (Å²) in [6.45, 7) is 1.50. The molecule has 1 aliphatic heterocycles. The fraction of sp³-hybridized carbons (Fsp3) is 0.545. The summed E-state index contributed by atoms with van der Waals surface area (Å²) in [5.41, 5.74) is 2.87. The van der Waals surface area contributed by atoms with Gasteiger partial charge < -0.3 is 24.2 Å². The van der Waals surface area contributed by atoms with Crippen molar-refractivity contribution in [2.24, 2.45) is 0 Å². The lowest BCUT2D eigenvalue weighted by molar-refractivity contribution is -0.902. The van der Waals surface area contributed by atoms with E-state index in [0.29, 0.717) is 18.2 Å². The van der Waals surface area contributed by atoms with Gasteiger partial charge in [0.25, 0.3) is 0 Å². The minimum absolute atomic E-state index is 0.328. The summed E-state index contributed by atoms with van der Waals surface area (Å²) in [5.74, 6) is -3.54. The van der Waals surface area contributed by atoms with E-state index in [4.69, 9.17) is 14.6 Å². The molecule has 31 heavy (non-hydrogen) atoms. The Balaban J connectivity index is 0.000000423. The molecule has 1 aliphatic carbocycles. The van der Waals surface area contributed by atoms with Crippen LogP contribution in [-0.4, -0.2) is 61.0 Å². The highest BCUT2D eigenvalue weighted by atomic mass is 19.4. The number of likely N-dealkylation sites (tertiary alicyclic amines) is 1. The van der Waals surface area contributed by atoms with E-state index in [1.54, 1.807) is 0 Å². The number of hydrogen-bond acceptors (Lipinski definition) is 5. The van der Waals surface area contributed by atoms with Gasteiger partial charge in [0.05, 0.1) is 20.6 Å². The molecule has 1 saturated heterocycles. The second kappa shape index (κ2) is 10.3. The van der Waals surface area contributed by atoms with Crippen LogP contribution in [0.2, 0.25) is 0 Å². The van der Waals surface area contributed by atoms with Crippen molar-refractivity contribution < 1.29 is 42.2 Å². The number of aliphatic hydroxyl groups is 1. The number of aliphatic hydroxyl groups excluding tert-OH is 1. The number of alkyl halides is 3. The largest absolute Gasteiger partial charge is 0.542 e. The van der Waals surface area contributed by atoms with Gasteiger partial charge in [0.2, 0.25) is 0 Å². The molecule has 9 heteroatoms. The molecular formula is C22H28F3NO5. The summed E-state index contributed by atoms with van der Waals surface area (Å²) in [6.07, 6.45) is 1.24. The molecule has 3 rings (SSSR count). The van der Waals surface area contributed by atoms with Crippen LogP contribution in [0.1, 0.15) is 49.3 Å². The van der Waals surface area contributed by atoms with Crippen molar-refractivity contribution in [3.63, 3.8) is 0 Å². The number of hydrogen-bond donors (Lipinski definition) is 1. The smallest absolute Gasteiger partial charge is 0.430 e. The number of ether oxygens (including phenoxy) is 1. The molecule has 0 bridgehead atoms. The highest BCUT2D eigenvalue weighted by Crippen LogP contribution is 2.33. The zero-order chi connectivity index (χ0) is 23.2. The fourth-order valence-corrected chi connectivity index (χ4v) is 3.88. The number of halogens is 3. The van der Waals surface area contributed by atoms with Crippen LogP contribution in [0.5, 0.6) is 0 Å². The quantitative estimate of drug-likeness (QED) is 0.558. The van der Waals surface area contributed by atoms with Gasteiger partial charge in [-0.2, -0.15) is 13.2 Å². The molecule has 0 aromatic heterocycles. The zero-order valence-corrected chi connectivity index (χ0v) is 17.7. The number of carbonyl (C=O) groups is 2. The van der Waals surface area contributed by atoms with Crippen molar-refractivity contribution in [2.75, 3.05) is 27.2 Å². The van der Waals surface area contributed by atoms with Gasteiger partial charge in [-0.25, -0.2) is 4.79 Å². The molecule has 0 amide bonds. The molecule has 0 radical (unpaired) electrons. The van der Waals surface area contributed by atoms with Gasteiger partial charge in [-0.1, -0.05) is 30.3 Å². The first-order valence-electron chi connectivity index (χ1n) is 10.2. The molecule has 1 aromatic rings. The second-order valence-electron chi connectivity index (χ2n) is 8.32. The normalized spacial score (nSPS) is 21.0. The van der Waals surface area contributed by atoms with Gasteiger partial charge in [0, 0.05) is 12.8 Å². The van der Waals surface area contributed by atoms with Crippen molar-refractivity contribution in [2.45, 2.75) is 50.4 Å². The van der Waals surface area contributed by atoms with Crippen LogP contribution in [0.25, 0.3) is 5.57 Å². The Labute approximate surface area is 179 Å². The summed E-state index contributed by atoms with van der Waals surface area (Å²) in [5, 5.41) is 19.3. The third-order valence-corrected chi connectivity index (χ3v) is 5.78. The molecule has 1 N–H and O–H groups in total. The lowest BCUT2D eigenvalue weighted by atomic mass is 9.96. The molecule has 0 spiro atoms. The number of esters is 1. The number of rotatable bonds is 5. The number of aliphatic carboxylic acids is 1. The summed E-state index contributed by atoms with van der Waals surface area (Å²) >= 11 is 0. The first kappa shape index (κ1) is 24.9. The summed E-state index contributed by atoms with van der Waals surface area (Å²) in [6, 6.07) is 7.96. The molecule has 1 fully saturated rings. The second-order valence-corrected chi connectivity index (χ2v) is 8.32. The summed E-state index contributed by atoms with van der Waals surface area (Å²) in [4.78, 5) is 21.2. The van der Waals surface area contributed by atoms with E-state index in [1.807, 2.05) is 24.3 Å². The number of allylic oxidation sites excluding steroid dienone is 2. The highest BCUT2D eigenvalue weighted by molar-refractivity contribution is 5.80. The maximum atomic E-state index is 12.4. The Morgan fingerprint density at radius 3 is 2.42 bits per heavy atom. The van der Waals surface area contributed by atoms with Crippen LogP contribution >= 0.6 is 0 Å². The molecule has 1 aromatic carbocycles. The average molecular weight is 443 g/mol. The van der Waals surface area contributed by atoms with Crippen molar-refractivity contribution in [1.82, 2.24) is 0 Å². The third-order valence-electron chi connectivity index (χ3n) is 5.78. The van der Waals surface area contributed by atoms with Gasteiger partial charge in [0.15, 0.2) is 6.10 Å². The maximum Gasteiger partial charge on any atom is 0.430 e. The van der Waals surface area contributed by atoms with Crippen LogP contribution in [0.4, 0.5) is 13.2 Å². The topological polar surface area (TPSA) is 86.7 Å². The van der Waals surface area contributed by atoms with E-state index in [9.17, 15) is 23.1 Å². The maximum absolute atomic E-state index is 12.4. The minimum atomic E-state index is -5.19. The van der Waals surface area contributed by atoms with Crippen molar-refractivity contribution in [1.29, 1.82) is 0 Å². The highest BCUT2D eigenvalue weighted by Gasteiger charge is 2.35. The Morgan fingerprint density at radius 1 is 1.26 bits per heavy atom. The number of carboxylic acids is 1. The third kappa shape index (κ3) is 6.80. The number of nitrogens with zero attached hydrogens (tertiary/aromatic N) is 1. The first-order chi connectivity index (χ1) is 14.4. The van der Waals surface area contributed by atoms with E-state index >= 15 is 0 Å². The Kier molecular flexibility index (Phi) is 8.25. The van der Waals surface area contributed by atoms with Crippen molar-refractivity contribution in [3.8, 4) is 0 Å². The van der Waals surface area contributed by atoms with E-state index in [1.165, 1.54) is 5.57 Å². The van der Waals surface area contributed by atoms with Gasteiger partial charge in [-0.3, -0.25) is 0 Å². The molecule has 2 aliphatic rings. The number of carbonyl (C=O) groups excluding carboxylic acids is 2. The molecule has 1 unspecified atom stereocenters.